The van der Waals surface area contributed by atoms with E-state index in [1.807, 2.05) is 7.11 Å². The SMILES string of the molecule is CNC(C1CCCCC1)C1(OC)CCCC1. The van der Waals surface area contributed by atoms with Gasteiger partial charge in [0.1, 0.15) is 0 Å². The fourth-order valence-electron chi connectivity index (χ4n) is 4.01. The molecule has 16 heavy (non-hydrogen) atoms. The zero-order valence-corrected chi connectivity index (χ0v) is 10.9. The second-order valence-electron chi connectivity index (χ2n) is 5.64. The molecule has 0 amide bonds. The third-order valence-electron chi connectivity index (χ3n) is 4.86. The Morgan fingerprint density at radius 3 is 2.19 bits per heavy atom. The first-order valence-electron chi connectivity index (χ1n) is 7.05. The molecule has 2 aliphatic rings. The van der Waals surface area contributed by atoms with Crippen molar-refractivity contribution in [2.45, 2.75) is 69.4 Å². The van der Waals surface area contributed by atoms with Crippen LogP contribution < -0.4 is 5.32 Å². The summed E-state index contributed by atoms with van der Waals surface area (Å²) in [6.07, 6.45) is 12.3. The van der Waals surface area contributed by atoms with Crippen LogP contribution in [0.15, 0.2) is 0 Å². The second-order valence-corrected chi connectivity index (χ2v) is 5.64. The van der Waals surface area contributed by atoms with E-state index in [0.29, 0.717) is 6.04 Å². The number of nitrogens with one attached hydrogen (secondary N) is 1. The molecule has 1 atom stereocenters. The van der Waals surface area contributed by atoms with Gasteiger partial charge in [-0.15, -0.1) is 0 Å². The van der Waals surface area contributed by atoms with Crippen molar-refractivity contribution in [1.82, 2.24) is 5.32 Å². The predicted octanol–water partition coefficient (Wildman–Crippen LogP) is 3.11. The third-order valence-corrected chi connectivity index (χ3v) is 4.86. The van der Waals surface area contributed by atoms with Crippen LogP contribution in [-0.2, 0) is 4.74 Å². The van der Waals surface area contributed by atoms with Crippen LogP contribution in [0.1, 0.15) is 57.8 Å². The average molecular weight is 225 g/mol. The van der Waals surface area contributed by atoms with Crippen molar-refractivity contribution in [3.05, 3.63) is 0 Å². The van der Waals surface area contributed by atoms with Crippen molar-refractivity contribution in [2.24, 2.45) is 5.92 Å². The Kier molecular flexibility index (Phi) is 4.26. The fraction of sp³-hybridized carbons (Fsp3) is 1.00. The molecule has 1 N–H and O–H groups in total. The van der Waals surface area contributed by atoms with Crippen LogP contribution in [0, 0.1) is 5.92 Å². The van der Waals surface area contributed by atoms with Gasteiger partial charge in [-0.1, -0.05) is 32.1 Å². The summed E-state index contributed by atoms with van der Waals surface area (Å²) in [5, 5.41) is 3.58. The molecular weight excluding hydrogens is 198 g/mol. The maximum atomic E-state index is 5.94. The van der Waals surface area contributed by atoms with Crippen LogP contribution in [0.3, 0.4) is 0 Å². The van der Waals surface area contributed by atoms with Gasteiger partial charge in [0.05, 0.1) is 5.60 Å². The number of hydrogen-bond donors (Lipinski definition) is 1. The Bertz CT molecular complexity index is 205. The molecule has 0 aromatic rings. The minimum absolute atomic E-state index is 0.150. The highest BCUT2D eigenvalue weighted by Crippen LogP contribution is 2.41. The summed E-state index contributed by atoms with van der Waals surface area (Å²) in [7, 11) is 4.04. The molecule has 2 saturated carbocycles. The summed E-state index contributed by atoms with van der Waals surface area (Å²) in [5.41, 5.74) is 0.150. The first-order chi connectivity index (χ1) is 7.82. The van der Waals surface area contributed by atoms with E-state index in [0.717, 1.165) is 5.92 Å². The van der Waals surface area contributed by atoms with E-state index in [1.165, 1.54) is 57.8 Å². The van der Waals surface area contributed by atoms with Gasteiger partial charge in [0.25, 0.3) is 0 Å². The maximum Gasteiger partial charge on any atom is 0.0833 e. The van der Waals surface area contributed by atoms with Crippen molar-refractivity contribution in [3.8, 4) is 0 Å². The van der Waals surface area contributed by atoms with Crippen molar-refractivity contribution in [3.63, 3.8) is 0 Å². The quantitative estimate of drug-likeness (QED) is 0.794. The van der Waals surface area contributed by atoms with Gasteiger partial charge in [-0.05, 0) is 38.6 Å². The normalized spacial score (nSPS) is 28.1. The Balaban J connectivity index is 2.06. The lowest BCUT2D eigenvalue weighted by atomic mass is 9.75. The monoisotopic (exact) mass is 225 g/mol. The van der Waals surface area contributed by atoms with Gasteiger partial charge in [0.2, 0.25) is 0 Å². The van der Waals surface area contributed by atoms with Crippen molar-refractivity contribution in [2.75, 3.05) is 14.2 Å². The molecule has 0 aromatic carbocycles. The zero-order valence-electron chi connectivity index (χ0n) is 10.9. The third kappa shape index (κ3) is 2.28. The molecule has 0 aliphatic heterocycles. The van der Waals surface area contributed by atoms with Gasteiger partial charge >= 0.3 is 0 Å². The molecule has 2 rings (SSSR count). The van der Waals surface area contributed by atoms with Crippen LogP contribution in [0.5, 0.6) is 0 Å². The molecule has 2 aliphatic carbocycles. The van der Waals surface area contributed by atoms with Crippen LogP contribution in [0.2, 0.25) is 0 Å². The molecule has 0 radical (unpaired) electrons. The largest absolute Gasteiger partial charge is 0.377 e. The molecule has 2 fully saturated rings. The summed E-state index contributed by atoms with van der Waals surface area (Å²) in [5.74, 6) is 0.844. The molecule has 0 heterocycles. The first kappa shape index (κ1) is 12.4. The number of rotatable bonds is 4. The maximum absolute atomic E-state index is 5.94. The highest BCUT2D eigenvalue weighted by molar-refractivity contribution is 4.99. The molecule has 0 spiro atoms. The van der Waals surface area contributed by atoms with Gasteiger partial charge < -0.3 is 10.1 Å². The van der Waals surface area contributed by atoms with Crippen LogP contribution in [0.4, 0.5) is 0 Å². The Morgan fingerprint density at radius 1 is 1.06 bits per heavy atom. The molecule has 2 heteroatoms. The number of ether oxygens (including phenoxy) is 1. The predicted molar refractivity (Wildman–Crippen MR) is 67.6 cm³/mol. The van der Waals surface area contributed by atoms with Crippen LogP contribution in [0.25, 0.3) is 0 Å². The molecule has 0 saturated heterocycles. The number of hydrogen-bond acceptors (Lipinski definition) is 2. The minimum atomic E-state index is 0.150. The summed E-state index contributed by atoms with van der Waals surface area (Å²) in [4.78, 5) is 0. The lowest BCUT2D eigenvalue weighted by Gasteiger charge is -2.42. The van der Waals surface area contributed by atoms with E-state index >= 15 is 0 Å². The smallest absolute Gasteiger partial charge is 0.0833 e. The lowest BCUT2D eigenvalue weighted by Crippen LogP contribution is -2.53. The Morgan fingerprint density at radius 2 is 1.69 bits per heavy atom. The lowest BCUT2D eigenvalue weighted by molar-refractivity contribution is -0.0542. The minimum Gasteiger partial charge on any atom is -0.377 e. The van der Waals surface area contributed by atoms with Gasteiger partial charge in [-0.25, -0.2) is 0 Å². The number of methoxy groups -OCH3 is 1. The highest BCUT2D eigenvalue weighted by atomic mass is 16.5. The number of likely N-dealkylation sites (N-methyl/N-ethyl adjacent to an activating group) is 1. The summed E-state index contributed by atoms with van der Waals surface area (Å²) in [6.45, 7) is 0. The van der Waals surface area contributed by atoms with Gasteiger partial charge in [0, 0.05) is 13.2 Å². The second kappa shape index (κ2) is 5.50. The molecule has 0 bridgehead atoms. The first-order valence-corrected chi connectivity index (χ1v) is 7.05. The summed E-state index contributed by atoms with van der Waals surface area (Å²) in [6, 6.07) is 0.584. The zero-order chi connectivity index (χ0) is 11.4. The van der Waals surface area contributed by atoms with E-state index < -0.39 is 0 Å². The van der Waals surface area contributed by atoms with E-state index in [4.69, 9.17) is 4.74 Å². The average Bonchev–Trinajstić information content (AvgIpc) is 2.81. The van der Waals surface area contributed by atoms with E-state index in [1.54, 1.807) is 0 Å². The molecule has 94 valence electrons. The molecular formula is C14H27NO. The topological polar surface area (TPSA) is 21.3 Å². The van der Waals surface area contributed by atoms with Gasteiger partial charge in [0.15, 0.2) is 0 Å². The molecule has 1 unspecified atom stereocenters. The van der Waals surface area contributed by atoms with Gasteiger partial charge in [-0.2, -0.15) is 0 Å². The Hall–Kier alpha value is -0.0800. The van der Waals surface area contributed by atoms with Crippen LogP contribution >= 0.6 is 0 Å². The highest BCUT2D eigenvalue weighted by Gasteiger charge is 2.44. The van der Waals surface area contributed by atoms with Crippen LogP contribution in [-0.4, -0.2) is 25.8 Å². The van der Waals surface area contributed by atoms with Gasteiger partial charge in [-0.3, -0.25) is 0 Å². The molecule has 2 nitrogen and oxygen atoms in total. The van der Waals surface area contributed by atoms with Crippen molar-refractivity contribution < 1.29 is 4.74 Å². The van der Waals surface area contributed by atoms with Crippen molar-refractivity contribution in [1.29, 1.82) is 0 Å². The Labute approximate surface area is 100 Å². The molecule has 0 aromatic heterocycles. The van der Waals surface area contributed by atoms with E-state index in [2.05, 4.69) is 12.4 Å². The standard InChI is InChI=1S/C14H27NO/c1-15-13(12-8-4-3-5-9-12)14(16-2)10-6-7-11-14/h12-13,15H,3-11H2,1-2H3. The van der Waals surface area contributed by atoms with Crippen molar-refractivity contribution >= 4 is 0 Å². The fourth-order valence-corrected chi connectivity index (χ4v) is 4.01. The summed E-state index contributed by atoms with van der Waals surface area (Å²) < 4.78 is 5.94. The van der Waals surface area contributed by atoms with E-state index in [-0.39, 0.29) is 5.60 Å². The summed E-state index contributed by atoms with van der Waals surface area (Å²) >= 11 is 0. The van der Waals surface area contributed by atoms with E-state index in [9.17, 15) is 0 Å².